The second-order valence-electron chi connectivity index (χ2n) is 3.34. The molecule has 14 heavy (non-hydrogen) atoms. The summed E-state index contributed by atoms with van der Waals surface area (Å²) in [5.41, 5.74) is 1.25. The zero-order valence-corrected chi connectivity index (χ0v) is 10.6. The van der Waals surface area contributed by atoms with E-state index in [-0.39, 0.29) is 5.37 Å². The van der Waals surface area contributed by atoms with Crippen LogP contribution in [0.3, 0.4) is 0 Å². The molecule has 0 N–H and O–H groups in total. The summed E-state index contributed by atoms with van der Waals surface area (Å²) < 4.78 is 0. The normalized spacial score (nSPS) is 13.2. The molecule has 0 saturated heterocycles. The van der Waals surface area contributed by atoms with Crippen LogP contribution in [0.15, 0.2) is 29.2 Å². The van der Waals surface area contributed by atoms with Crippen LogP contribution in [0.25, 0.3) is 0 Å². The molecule has 0 aliphatic rings. The highest BCUT2D eigenvalue weighted by Gasteiger charge is 2.07. The van der Waals surface area contributed by atoms with Gasteiger partial charge in [-0.25, -0.2) is 0 Å². The van der Waals surface area contributed by atoms with Gasteiger partial charge in [-0.1, -0.05) is 19.1 Å². The van der Waals surface area contributed by atoms with E-state index in [0.717, 1.165) is 5.75 Å². The molecule has 0 aromatic heterocycles. The van der Waals surface area contributed by atoms with E-state index in [1.165, 1.54) is 10.5 Å². The average molecular weight is 227 g/mol. The number of hydrogen-bond acceptors (Lipinski definition) is 3. The Hall–Kier alpha value is -0.120. The van der Waals surface area contributed by atoms with Gasteiger partial charge < -0.3 is 0 Å². The maximum absolute atomic E-state index is 4.52. The lowest BCUT2D eigenvalue weighted by molar-refractivity contribution is 0.393. The van der Waals surface area contributed by atoms with Crippen molar-refractivity contribution in [3.8, 4) is 0 Å². The highest BCUT2D eigenvalue weighted by molar-refractivity contribution is 7.99. The molecular formula is C11H17NS2. The number of benzene rings is 1. The number of thiol groups is 1. The summed E-state index contributed by atoms with van der Waals surface area (Å²) in [6.45, 7) is 2.17. The third-order valence-electron chi connectivity index (χ3n) is 1.98. The second kappa shape index (κ2) is 5.69. The molecule has 0 aliphatic heterocycles. The van der Waals surface area contributed by atoms with Crippen molar-refractivity contribution < 1.29 is 0 Å². The first-order valence-electron chi connectivity index (χ1n) is 4.72. The van der Waals surface area contributed by atoms with Gasteiger partial charge in [0.2, 0.25) is 0 Å². The third kappa shape index (κ3) is 3.23. The smallest absolute Gasteiger partial charge is 0.0779 e. The van der Waals surface area contributed by atoms with Gasteiger partial charge in [-0.3, -0.25) is 4.90 Å². The highest BCUT2D eigenvalue weighted by Crippen LogP contribution is 2.25. The van der Waals surface area contributed by atoms with E-state index in [4.69, 9.17) is 0 Å². The van der Waals surface area contributed by atoms with E-state index < -0.39 is 0 Å². The van der Waals surface area contributed by atoms with Crippen LogP contribution in [0, 0.1) is 0 Å². The van der Waals surface area contributed by atoms with Crippen LogP contribution in [0.1, 0.15) is 17.9 Å². The summed E-state index contributed by atoms with van der Waals surface area (Å²) in [7, 11) is 4.07. The number of thioether (sulfide) groups is 1. The molecule has 0 spiro atoms. The number of nitrogens with zero attached hydrogens (tertiary/aromatic N) is 1. The molecule has 0 amide bonds. The van der Waals surface area contributed by atoms with Crippen LogP contribution < -0.4 is 0 Å². The van der Waals surface area contributed by atoms with Crippen LogP contribution in [0.5, 0.6) is 0 Å². The summed E-state index contributed by atoms with van der Waals surface area (Å²) in [6, 6.07) is 8.62. The lowest BCUT2D eigenvalue weighted by atomic mass is 10.2. The fourth-order valence-electron chi connectivity index (χ4n) is 1.20. The van der Waals surface area contributed by atoms with Gasteiger partial charge >= 0.3 is 0 Å². The Morgan fingerprint density at radius 3 is 2.29 bits per heavy atom. The van der Waals surface area contributed by atoms with Crippen molar-refractivity contribution in [1.29, 1.82) is 0 Å². The van der Waals surface area contributed by atoms with E-state index in [0.29, 0.717) is 0 Å². The van der Waals surface area contributed by atoms with Crippen LogP contribution in [-0.4, -0.2) is 24.7 Å². The van der Waals surface area contributed by atoms with E-state index in [9.17, 15) is 0 Å². The topological polar surface area (TPSA) is 3.24 Å². The summed E-state index contributed by atoms with van der Waals surface area (Å²) in [5.74, 6) is 1.12. The Kier molecular flexibility index (Phi) is 4.85. The first-order valence-corrected chi connectivity index (χ1v) is 6.22. The molecule has 0 fully saturated rings. The molecule has 3 heteroatoms. The molecular weight excluding hydrogens is 210 g/mol. The molecule has 1 aromatic carbocycles. The average Bonchev–Trinajstić information content (AvgIpc) is 2.18. The van der Waals surface area contributed by atoms with Crippen molar-refractivity contribution in [3.05, 3.63) is 29.8 Å². The number of rotatable bonds is 4. The summed E-state index contributed by atoms with van der Waals surface area (Å²) in [4.78, 5) is 3.42. The molecule has 1 rings (SSSR count). The molecule has 1 nitrogen and oxygen atoms in total. The molecule has 1 aromatic rings. The van der Waals surface area contributed by atoms with Gasteiger partial charge in [0.25, 0.3) is 0 Å². The van der Waals surface area contributed by atoms with Gasteiger partial charge in [-0.15, -0.1) is 11.8 Å². The SMILES string of the molecule is CCSc1ccc(C(S)N(C)C)cc1. The zero-order chi connectivity index (χ0) is 10.6. The Bertz CT molecular complexity index is 269. The molecule has 1 unspecified atom stereocenters. The predicted octanol–water partition coefficient (Wildman–Crippen LogP) is 3.29. The first-order chi connectivity index (χ1) is 6.65. The summed E-state index contributed by atoms with van der Waals surface area (Å²) in [5, 5.41) is 0.190. The second-order valence-corrected chi connectivity index (χ2v) is 5.17. The molecule has 0 heterocycles. The maximum atomic E-state index is 4.52. The van der Waals surface area contributed by atoms with Gasteiger partial charge in [-0.2, -0.15) is 12.6 Å². The minimum Gasteiger partial charge on any atom is -0.294 e. The van der Waals surface area contributed by atoms with Crippen molar-refractivity contribution in [2.75, 3.05) is 19.8 Å². The molecule has 0 radical (unpaired) electrons. The summed E-state index contributed by atoms with van der Waals surface area (Å²) in [6.07, 6.45) is 0. The first kappa shape index (κ1) is 12.0. The fourth-order valence-corrected chi connectivity index (χ4v) is 2.03. The Balaban J connectivity index is 2.72. The van der Waals surface area contributed by atoms with Crippen molar-refractivity contribution >= 4 is 24.4 Å². The van der Waals surface area contributed by atoms with Crippen LogP contribution in [-0.2, 0) is 0 Å². The van der Waals surface area contributed by atoms with Gasteiger partial charge in [-0.05, 0) is 37.5 Å². The molecule has 78 valence electrons. The van der Waals surface area contributed by atoms with Gasteiger partial charge in [0.1, 0.15) is 0 Å². The van der Waals surface area contributed by atoms with Crippen LogP contribution >= 0.6 is 24.4 Å². The predicted molar refractivity (Wildman–Crippen MR) is 68.3 cm³/mol. The van der Waals surface area contributed by atoms with E-state index in [2.05, 4.69) is 48.7 Å². The van der Waals surface area contributed by atoms with Gasteiger partial charge in [0.05, 0.1) is 5.37 Å². The van der Waals surface area contributed by atoms with Gasteiger partial charge in [0, 0.05) is 4.90 Å². The zero-order valence-electron chi connectivity index (χ0n) is 8.90. The van der Waals surface area contributed by atoms with E-state index >= 15 is 0 Å². The molecule has 0 bridgehead atoms. The quantitative estimate of drug-likeness (QED) is 0.478. The van der Waals surface area contributed by atoms with Crippen molar-refractivity contribution in [1.82, 2.24) is 4.90 Å². The monoisotopic (exact) mass is 227 g/mol. The molecule has 0 aliphatic carbocycles. The maximum Gasteiger partial charge on any atom is 0.0779 e. The van der Waals surface area contributed by atoms with E-state index in [1.54, 1.807) is 0 Å². The van der Waals surface area contributed by atoms with Gasteiger partial charge in [0.15, 0.2) is 0 Å². The fraction of sp³-hybridized carbons (Fsp3) is 0.455. The largest absolute Gasteiger partial charge is 0.294 e. The standard InChI is InChI=1S/C11H17NS2/c1-4-14-10-7-5-9(6-8-10)11(13)12(2)3/h5-8,11,13H,4H2,1-3H3. The minimum absolute atomic E-state index is 0.190. The Morgan fingerprint density at radius 1 is 1.29 bits per heavy atom. The lowest BCUT2D eigenvalue weighted by Gasteiger charge is -2.19. The van der Waals surface area contributed by atoms with Crippen LogP contribution in [0.4, 0.5) is 0 Å². The van der Waals surface area contributed by atoms with Crippen molar-refractivity contribution in [2.45, 2.75) is 17.2 Å². The Morgan fingerprint density at radius 2 is 1.86 bits per heavy atom. The lowest BCUT2D eigenvalue weighted by Crippen LogP contribution is -2.14. The number of hydrogen-bond donors (Lipinski definition) is 1. The van der Waals surface area contributed by atoms with Crippen molar-refractivity contribution in [3.63, 3.8) is 0 Å². The summed E-state index contributed by atoms with van der Waals surface area (Å²) >= 11 is 6.39. The van der Waals surface area contributed by atoms with Crippen molar-refractivity contribution in [2.24, 2.45) is 0 Å². The minimum atomic E-state index is 0.190. The third-order valence-corrected chi connectivity index (χ3v) is 3.63. The molecule has 1 atom stereocenters. The Labute approximate surface area is 96.3 Å². The highest BCUT2D eigenvalue weighted by atomic mass is 32.2. The molecule has 0 saturated carbocycles. The van der Waals surface area contributed by atoms with Crippen LogP contribution in [0.2, 0.25) is 0 Å². The van der Waals surface area contributed by atoms with E-state index in [1.807, 2.05) is 25.9 Å².